The van der Waals surface area contributed by atoms with Gasteiger partial charge in [-0.3, -0.25) is 9.78 Å². The number of nitrogens with one attached hydrogen (secondary N) is 1. The number of carbonyl (C=O) groups excluding carboxylic acids is 1. The van der Waals surface area contributed by atoms with Crippen LogP contribution in [0.25, 0.3) is 0 Å². The molecule has 2 aromatic heterocycles. The molecule has 0 amide bonds. The predicted molar refractivity (Wildman–Crippen MR) is 106 cm³/mol. The molecule has 3 heterocycles. The highest BCUT2D eigenvalue weighted by Gasteiger charge is 2.40. The van der Waals surface area contributed by atoms with E-state index in [0.29, 0.717) is 23.2 Å². The number of hydrogen-bond acceptors (Lipinski definition) is 5. The Labute approximate surface area is 167 Å². The van der Waals surface area contributed by atoms with Crippen molar-refractivity contribution in [1.82, 2.24) is 19.7 Å². The molecule has 0 saturated heterocycles. The molecule has 1 aliphatic carbocycles. The van der Waals surface area contributed by atoms with Crippen molar-refractivity contribution < 1.29 is 4.79 Å². The van der Waals surface area contributed by atoms with Gasteiger partial charge in [0, 0.05) is 28.9 Å². The summed E-state index contributed by atoms with van der Waals surface area (Å²) in [5, 5.41) is 8.57. The SMILES string of the molecule is Cc1nc2n(n1)C(c1ccccn1)C1=C(CC(c3ccc(Cl)cc3)CC1=O)N2. The maximum Gasteiger partial charge on any atom is 0.226 e. The number of aromatic nitrogens is 4. The standard InChI is InChI=1S/C21H18ClN5O/c1-12-24-21-25-17-10-14(13-5-7-15(22)8-6-13)11-18(28)19(17)20(27(21)26-12)16-4-2-3-9-23-16/h2-9,14,20H,10-11H2,1H3,(H,24,25,26). The largest absolute Gasteiger partial charge is 0.328 e. The van der Waals surface area contributed by atoms with Gasteiger partial charge in [0.2, 0.25) is 5.95 Å². The molecule has 28 heavy (non-hydrogen) atoms. The van der Waals surface area contributed by atoms with E-state index in [1.165, 1.54) is 0 Å². The Kier molecular flexibility index (Phi) is 4.02. The summed E-state index contributed by atoms with van der Waals surface area (Å²) in [5.74, 6) is 1.53. The molecule has 1 N–H and O–H groups in total. The Morgan fingerprint density at radius 2 is 1.96 bits per heavy atom. The molecular weight excluding hydrogens is 374 g/mol. The normalized spacial score (nSPS) is 21.1. The van der Waals surface area contributed by atoms with Gasteiger partial charge >= 0.3 is 0 Å². The van der Waals surface area contributed by atoms with Gasteiger partial charge in [0.1, 0.15) is 11.9 Å². The summed E-state index contributed by atoms with van der Waals surface area (Å²) in [7, 11) is 0. The number of fused-ring (bicyclic) bond motifs is 1. The van der Waals surface area contributed by atoms with Gasteiger partial charge in [-0.25, -0.2) is 4.68 Å². The number of nitrogens with zero attached hydrogens (tertiary/aromatic N) is 4. The molecule has 2 aliphatic rings. The van der Waals surface area contributed by atoms with Crippen LogP contribution in [0.2, 0.25) is 5.02 Å². The molecule has 1 aliphatic heterocycles. The number of Topliss-reactive ketones (excluding diaryl/α,β-unsaturated/α-hetero) is 1. The van der Waals surface area contributed by atoms with Crippen molar-refractivity contribution in [2.75, 3.05) is 5.32 Å². The van der Waals surface area contributed by atoms with Gasteiger partial charge in [0.25, 0.3) is 0 Å². The van der Waals surface area contributed by atoms with Gasteiger partial charge in [-0.2, -0.15) is 10.1 Å². The quantitative estimate of drug-likeness (QED) is 0.713. The number of anilines is 1. The molecule has 0 spiro atoms. The zero-order valence-electron chi connectivity index (χ0n) is 15.3. The lowest BCUT2D eigenvalue weighted by molar-refractivity contribution is -0.116. The second-order valence-corrected chi connectivity index (χ2v) is 7.62. The van der Waals surface area contributed by atoms with Crippen molar-refractivity contribution in [3.8, 4) is 0 Å². The van der Waals surface area contributed by atoms with Crippen LogP contribution in [0, 0.1) is 6.92 Å². The molecular formula is C21H18ClN5O. The first-order chi connectivity index (χ1) is 13.6. The van der Waals surface area contributed by atoms with E-state index in [-0.39, 0.29) is 17.7 Å². The fraction of sp³-hybridized carbons (Fsp3) is 0.238. The summed E-state index contributed by atoms with van der Waals surface area (Å²) < 4.78 is 1.77. The highest BCUT2D eigenvalue weighted by Crippen LogP contribution is 2.43. The van der Waals surface area contributed by atoms with E-state index in [2.05, 4.69) is 20.4 Å². The molecule has 0 fully saturated rings. The molecule has 1 aromatic carbocycles. The molecule has 7 heteroatoms. The van der Waals surface area contributed by atoms with Crippen LogP contribution in [0.5, 0.6) is 0 Å². The number of carbonyl (C=O) groups is 1. The number of hydrogen-bond donors (Lipinski definition) is 1. The summed E-state index contributed by atoms with van der Waals surface area (Å²) >= 11 is 6.02. The third-order valence-corrected chi connectivity index (χ3v) is 5.59. The summed E-state index contributed by atoms with van der Waals surface area (Å²) in [5.41, 5.74) is 3.55. The first-order valence-corrected chi connectivity index (χ1v) is 9.61. The second kappa shape index (κ2) is 6.56. The van der Waals surface area contributed by atoms with Crippen LogP contribution >= 0.6 is 11.6 Å². The average Bonchev–Trinajstić information content (AvgIpc) is 3.07. The average molecular weight is 392 g/mol. The smallest absolute Gasteiger partial charge is 0.226 e. The number of allylic oxidation sites excluding steroid dienone is 2. The highest BCUT2D eigenvalue weighted by molar-refractivity contribution is 6.30. The van der Waals surface area contributed by atoms with Crippen LogP contribution in [-0.2, 0) is 4.79 Å². The van der Waals surface area contributed by atoms with Gasteiger partial charge < -0.3 is 5.32 Å². The molecule has 3 aromatic rings. The van der Waals surface area contributed by atoms with E-state index >= 15 is 0 Å². The first-order valence-electron chi connectivity index (χ1n) is 9.23. The first kappa shape index (κ1) is 17.1. The van der Waals surface area contributed by atoms with E-state index in [1.807, 2.05) is 49.4 Å². The Hall–Kier alpha value is -2.99. The van der Waals surface area contributed by atoms with Crippen LogP contribution in [0.1, 0.15) is 41.9 Å². The maximum atomic E-state index is 13.3. The van der Waals surface area contributed by atoms with Crippen molar-refractivity contribution >= 4 is 23.3 Å². The number of ketones is 1. The number of rotatable bonds is 2. The van der Waals surface area contributed by atoms with E-state index in [1.54, 1.807) is 10.9 Å². The lowest BCUT2D eigenvalue weighted by Gasteiger charge is -2.34. The van der Waals surface area contributed by atoms with Crippen molar-refractivity contribution in [3.05, 3.63) is 82.0 Å². The topological polar surface area (TPSA) is 72.7 Å². The highest BCUT2D eigenvalue weighted by atomic mass is 35.5. The summed E-state index contributed by atoms with van der Waals surface area (Å²) in [6.45, 7) is 1.85. The fourth-order valence-electron chi connectivity index (χ4n) is 4.10. The lowest BCUT2D eigenvalue weighted by Crippen LogP contribution is -2.34. The number of halogens is 1. The van der Waals surface area contributed by atoms with Gasteiger partial charge in [-0.05, 0) is 49.1 Å². The lowest BCUT2D eigenvalue weighted by atomic mass is 9.78. The molecule has 0 radical (unpaired) electrons. The van der Waals surface area contributed by atoms with Gasteiger partial charge in [0.05, 0.1) is 5.69 Å². The van der Waals surface area contributed by atoms with E-state index in [4.69, 9.17) is 11.6 Å². The Bertz CT molecular complexity index is 1090. The third kappa shape index (κ3) is 2.81. The summed E-state index contributed by atoms with van der Waals surface area (Å²) in [4.78, 5) is 22.3. The molecule has 6 nitrogen and oxygen atoms in total. The second-order valence-electron chi connectivity index (χ2n) is 7.18. The molecule has 140 valence electrons. The summed E-state index contributed by atoms with van der Waals surface area (Å²) in [6.07, 6.45) is 2.93. The number of benzene rings is 1. The Balaban J connectivity index is 1.60. The van der Waals surface area contributed by atoms with Crippen molar-refractivity contribution in [1.29, 1.82) is 0 Å². The fourth-order valence-corrected chi connectivity index (χ4v) is 4.23. The van der Waals surface area contributed by atoms with Crippen LogP contribution in [0.3, 0.4) is 0 Å². The maximum absolute atomic E-state index is 13.3. The zero-order valence-corrected chi connectivity index (χ0v) is 16.0. The number of pyridine rings is 1. The zero-order chi connectivity index (χ0) is 19.3. The number of aryl methyl sites for hydroxylation is 1. The molecule has 2 unspecified atom stereocenters. The molecule has 0 bridgehead atoms. The minimum atomic E-state index is -0.354. The van der Waals surface area contributed by atoms with Gasteiger partial charge in [-0.15, -0.1) is 0 Å². The van der Waals surface area contributed by atoms with E-state index in [9.17, 15) is 4.79 Å². The minimum absolute atomic E-state index is 0.107. The predicted octanol–water partition coefficient (Wildman–Crippen LogP) is 4.05. The molecule has 5 rings (SSSR count). The van der Waals surface area contributed by atoms with Gasteiger partial charge in [-0.1, -0.05) is 29.8 Å². The molecule has 2 atom stereocenters. The third-order valence-electron chi connectivity index (χ3n) is 5.34. The van der Waals surface area contributed by atoms with Crippen LogP contribution in [0.15, 0.2) is 59.9 Å². The van der Waals surface area contributed by atoms with E-state index in [0.717, 1.165) is 28.9 Å². The monoisotopic (exact) mass is 391 g/mol. The summed E-state index contributed by atoms with van der Waals surface area (Å²) in [6, 6.07) is 13.1. The van der Waals surface area contributed by atoms with Crippen molar-refractivity contribution in [3.63, 3.8) is 0 Å². The minimum Gasteiger partial charge on any atom is -0.328 e. The Morgan fingerprint density at radius 1 is 1.14 bits per heavy atom. The van der Waals surface area contributed by atoms with Crippen LogP contribution in [0.4, 0.5) is 5.95 Å². The van der Waals surface area contributed by atoms with Crippen LogP contribution in [-0.4, -0.2) is 25.5 Å². The van der Waals surface area contributed by atoms with Crippen LogP contribution < -0.4 is 5.32 Å². The van der Waals surface area contributed by atoms with E-state index < -0.39 is 0 Å². The molecule has 0 saturated carbocycles. The van der Waals surface area contributed by atoms with Gasteiger partial charge in [0.15, 0.2) is 5.78 Å². The van der Waals surface area contributed by atoms with Crippen molar-refractivity contribution in [2.24, 2.45) is 0 Å². The Morgan fingerprint density at radius 3 is 2.71 bits per heavy atom. The van der Waals surface area contributed by atoms with Crippen molar-refractivity contribution in [2.45, 2.75) is 31.7 Å².